The Balaban J connectivity index is 1.67. The van der Waals surface area contributed by atoms with Gasteiger partial charge in [0, 0.05) is 0 Å². The molecule has 140 valence electrons. The first-order chi connectivity index (χ1) is 12.5. The van der Waals surface area contributed by atoms with Crippen molar-refractivity contribution in [3.63, 3.8) is 0 Å². The van der Waals surface area contributed by atoms with Crippen LogP contribution in [0.1, 0.15) is 11.1 Å². The zero-order valence-corrected chi connectivity index (χ0v) is 14.8. The molecule has 0 aliphatic carbocycles. The Hall–Kier alpha value is -1.48. The number of alkyl halides is 1. The van der Waals surface area contributed by atoms with Crippen molar-refractivity contribution in [2.45, 2.75) is 42.1 Å². The Morgan fingerprint density at radius 2 is 1.54 bits per heavy atom. The fraction of sp³-hybridized carbons (Fsp3) is 0.368. The average molecular weight is 380 g/mol. The lowest BCUT2D eigenvalue weighted by atomic mass is 10.1. The highest BCUT2D eigenvalue weighted by Crippen LogP contribution is 2.45. The number of aliphatic hydroxyl groups excluding tert-OH is 2. The smallest absolute Gasteiger partial charge is 0.218 e. The fourth-order valence-electron chi connectivity index (χ4n) is 2.73. The van der Waals surface area contributed by atoms with Crippen LogP contribution < -0.4 is 0 Å². The summed E-state index contributed by atoms with van der Waals surface area (Å²) in [5.41, 5.74) is 0.0364. The summed E-state index contributed by atoms with van der Waals surface area (Å²) in [5.74, 6) is -2.37. The van der Waals surface area contributed by atoms with Gasteiger partial charge < -0.3 is 24.8 Å². The first kappa shape index (κ1) is 19.3. The van der Waals surface area contributed by atoms with Crippen LogP contribution in [0.3, 0.4) is 0 Å². The average Bonchev–Trinajstić information content (AvgIpc) is 2.91. The molecule has 1 aliphatic heterocycles. The van der Waals surface area contributed by atoms with E-state index >= 15 is 0 Å². The normalized spacial score (nSPS) is 29.6. The third-order valence-corrected chi connectivity index (χ3v) is 5.56. The van der Waals surface area contributed by atoms with Gasteiger partial charge in [-0.2, -0.15) is 0 Å². The topological polar surface area (TPSA) is 79.2 Å². The molecule has 0 radical (unpaired) electrons. The van der Waals surface area contributed by atoms with Crippen molar-refractivity contribution in [1.29, 1.82) is 0 Å². The molecule has 5 atom stereocenters. The van der Waals surface area contributed by atoms with Crippen LogP contribution in [0.2, 0.25) is 0 Å². The van der Waals surface area contributed by atoms with E-state index in [-0.39, 0.29) is 13.2 Å². The molecule has 3 rings (SSSR count). The van der Waals surface area contributed by atoms with Crippen LogP contribution in [0, 0.1) is 0 Å². The predicted molar refractivity (Wildman–Crippen MR) is 95.7 cm³/mol. The second kappa shape index (κ2) is 8.47. The number of hydrogen-bond acceptors (Lipinski definition) is 6. The van der Waals surface area contributed by atoms with Gasteiger partial charge in [0.05, 0.1) is 13.2 Å². The van der Waals surface area contributed by atoms with Crippen molar-refractivity contribution in [2.75, 3.05) is 0 Å². The lowest BCUT2D eigenvalue weighted by Crippen LogP contribution is -2.52. The maximum absolute atomic E-state index is 14.4. The number of hydrogen-bond donors (Lipinski definition) is 3. The summed E-state index contributed by atoms with van der Waals surface area (Å²) in [6.07, 6.45) is -3.59. The van der Waals surface area contributed by atoms with E-state index < -0.39 is 28.9 Å². The van der Waals surface area contributed by atoms with Gasteiger partial charge >= 0.3 is 0 Å². The molecule has 0 aromatic heterocycles. The van der Waals surface area contributed by atoms with Crippen LogP contribution in [0.25, 0.3) is 0 Å². The molecular formula is C19H21FO5S. The van der Waals surface area contributed by atoms with Gasteiger partial charge in [0.1, 0.15) is 10.7 Å². The van der Waals surface area contributed by atoms with Gasteiger partial charge in [0.15, 0.2) is 12.5 Å². The summed E-state index contributed by atoms with van der Waals surface area (Å²) < 4.78 is 25.2. The van der Waals surface area contributed by atoms with Gasteiger partial charge in [-0.05, 0) is 11.1 Å². The second-order valence-corrected chi connectivity index (χ2v) is 7.33. The Labute approximate surface area is 155 Å². The molecule has 1 unspecified atom stereocenters. The third kappa shape index (κ3) is 4.25. The number of benzene rings is 2. The number of halogens is 1. The molecule has 0 spiro atoms. The van der Waals surface area contributed by atoms with Crippen molar-refractivity contribution in [1.82, 2.24) is 0 Å². The number of ether oxygens (including phenoxy) is 2. The van der Waals surface area contributed by atoms with Crippen LogP contribution >= 0.6 is 11.8 Å². The maximum Gasteiger partial charge on any atom is 0.218 e. The fourth-order valence-corrected chi connectivity index (χ4v) is 3.97. The van der Waals surface area contributed by atoms with Crippen molar-refractivity contribution in [2.24, 2.45) is 0 Å². The number of aliphatic hydroxyl groups is 3. The van der Waals surface area contributed by atoms with E-state index in [0.29, 0.717) is 11.8 Å². The molecule has 1 fully saturated rings. The largest absolute Gasteiger partial charge is 0.379 e. The zero-order valence-electron chi connectivity index (χ0n) is 13.9. The van der Waals surface area contributed by atoms with Gasteiger partial charge in [0.2, 0.25) is 5.79 Å². The Kier molecular flexibility index (Phi) is 6.29. The van der Waals surface area contributed by atoms with Crippen LogP contribution in [-0.4, -0.2) is 44.3 Å². The van der Waals surface area contributed by atoms with Gasteiger partial charge in [-0.1, -0.05) is 60.7 Å². The van der Waals surface area contributed by atoms with E-state index in [4.69, 9.17) is 9.47 Å². The lowest BCUT2D eigenvalue weighted by molar-refractivity contribution is -0.273. The standard InChI is InChI=1S/C19H21FO5S/c20-15-18(22)26-16(17(21)24-11-13-7-3-1-4-8-13)19(15,23)25-12-14-9-5-2-6-10-14/h1-10,15-18,21-23H,11-12H2/t15-,16-,17?,18-,19+/m0/s1. The Bertz CT molecular complexity index is 689. The highest BCUT2D eigenvalue weighted by Gasteiger charge is 2.60. The summed E-state index contributed by atoms with van der Waals surface area (Å²) in [4.78, 5) is 0. The first-order valence-electron chi connectivity index (χ1n) is 8.22. The van der Waals surface area contributed by atoms with Crippen LogP contribution in [0.15, 0.2) is 60.7 Å². The van der Waals surface area contributed by atoms with Crippen LogP contribution in [-0.2, 0) is 22.7 Å². The highest BCUT2D eigenvalue weighted by atomic mass is 32.2. The molecule has 0 saturated carbocycles. The van der Waals surface area contributed by atoms with Gasteiger partial charge in [-0.15, -0.1) is 11.8 Å². The van der Waals surface area contributed by atoms with E-state index in [2.05, 4.69) is 0 Å². The summed E-state index contributed by atoms with van der Waals surface area (Å²) in [6, 6.07) is 18.1. The molecule has 2 aromatic rings. The van der Waals surface area contributed by atoms with E-state index in [1.165, 1.54) is 0 Å². The molecule has 1 aliphatic rings. The van der Waals surface area contributed by atoms with Gasteiger partial charge in [-0.3, -0.25) is 0 Å². The molecule has 7 heteroatoms. The molecule has 5 nitrogen and oxygen atoms in total. The molecule has 0 bridgehead atoms. The maximum atomic E-state index is 14.4. The van der Waals surface area contributed by atoms with Crippen molar-refractivity contribution >= 4 is 11.8 Å². The summed E-state index contributed by atoms with van der Waals surface area (Å²) in [7, 11) is 0. The zero-order chi connectivity index (χ0) is 18.6. The van der Waals surface area contributed by atoms with Crippen molar-refractivity contribution in [3.05, 3.63) is 71.8 Å². The SMILES string of the molecule is OC(OCc1ccccc1)[C@@H]1S[C@H](O)[C@H](F)[C@@]1(O)OCc1ccccc1. The number of thioether (sulfide) groups is 1. The monoisotopic (exact) mass is 380 g/mol. The lowest BCUT2D eigenvalue weighted by Gasteiger charge is -2.33. The summed E-state index contributed by atoms with van der Waals surface area (Å²) in [6.45, 7) is 0.0217. The Morgan fingerprint density at radius 1 is 1.00 bits per heavy atom. The molecule has 0 amide bonds. The Morgan fingerprint density at radius 3 is 2.12 bits per heavy atom. The predicted octanol–water partition coefficient (Wildman–Crippen LogP) is 2.20. The molecule has 2 aromatic carbocycles. The van der Waals surface area contributed by atoms with Crippen LogP contribution in [0.5, 0.6) is 0 Å². The molecule has 3 N–H and O–H groups in total. The van der Waals surface area contributed by atoms with E-state index in [9.17, 15) is 19.7 Å². The van der Waals surface area contributed by atoms with E-state index in [0.717, 1.165) is 11.1 Å². The van der Waals surface area contributed by atoms with Gasteiger partial charge in [-0.25, -0.2) is 4.39 Å². The van der Waals surface area contributed by atoms with Gasteiger partial charge in [0.25, 0.3) is 0 Å². The van der Waals surface area contributed by atoms with Crippen molar-refractivity contribution in [3.8, 4) is 0 Å². The van der Waals surface area contributed by atoms with Crippen molar-refractivity contribution < 1.29 is 29.2 Å². The third-order valence-electron chi connectivity index (χ3n) is 4.17. The minimum Gasteiger partial charge on any atom is -0.379 e. The molecule has 1 heterocycles. The minimum atomic E-state index is -2.37. The first-order valence-corrected chi connectivity index (χ1v) is 9.16. The van der Waals surface area contributed by atoms with E-state index in [1.54, 1.807) is 24.3 Å². The summed E-state index contributed by atoms with van der Waals surface area (Å²) >= 11 is 0.690. The highest BCUT2D eigenvalue weighted by molar-refractivity contribution is 8.00. The minimum absolute atomic E-state index is 0.0626. The molecule has 26 heavy (non-hydrogen) atoms. The summed E-state index contributed by atoms with van der Waals surface area (Å²) in [5, 5.41) is 29.6. The molecular weight excluding hydrogens is 359 g/mol. The second-order valence-electron chi connectivity index (χ2n) is 6.06. The van der Waals surface area contributed by atoms with E-state index in [1.807, 2.05) is 36.4 Å². The van der Waals surface area contributed by atoms with Crippen LogP contribution in [0.4, 0.5) is 4.39 Å². The number of rotatable bonds is 7. The molecule has 1 saturated heterocycles. The quantitative estimate of drug-likeness (QED) is 0.639.